The van der Waals surface area contributed by atoms with E-state index in [4.69, 9.17) is 0 Å². The van der Waals surface area contributed by atoms with Gasteiger partial charge in [0.05, 0.1) is 22.4 Å². The smallest absolute Gasteiger partial charge is 0.0619 e. The first-order valence-electron chi connectivity index (χ1n) is 27.3. The van der Waals surface area contributed by atoms with Crippen molar-refractivity contribution in [2.24, 2.45) is 0 Å². The van der Waals surface area contributed by atoms with Crippen LogP contribution in [0, 0.1) is 0 Å². The zero-order valence-electron chi connectivity index (χ0n) is 45.5. The van der Waals surface area contributed by atoms with Crippen LogP contribution >= 0.6 is 0 Å². The fourth-order valence-electron chi connectivity index (χ4n) is 12.5. The van der Waals surface area contributed by atoms with Gasteiger partial charge < -0.3 is 9.47 Å². The van der Waals surface area contributed by atoms with E-state index in [1.54, 1.807) is 0 Å². The molecule has 374 valence electrons. The Morgan fingerprint density at radius 2 is 0.909 bits per heavy atom. The topological polar surface area (TPSA) is 8.17 Å². The lowest BCUT2D eigenvalue weighted by Crippen LogP contribution is -2.16. The summed E-state index contributed by atoms with van der Waals surface area (Å²) in [5, 5.41) is 4.93. The van der Waals surface area contributed by atoms with E-state index in [9.17, 15) is 0 Å². The van der Waals surface area contributed by atoms with Crippen molar-refractivity contribution in [2.45, 2.75) is 71.6 Å². The number of rotatable bonds is 8. The zero-order chi connectivity index (χ0) is 52.8. The zero-order valence-corrected chi connectivity index (χ0v) is 45.5. The fraction of sp³-hybridized carbons (Fsp3) is 0.147. The SMILES string of the molecule is CC(C)(C)c1cc(-c2cccc3cccc(-c4ccccc4N(c4cccc(-c5cccc6c7ccccc7n(-c7ccccc7)c56)c4)c4ccccc4-c4ccc5c(c4)C(C)(C)c4ccccc4-5)c23)cc(C(C)(C)C)c1. The normalized spacial score (nSPS) is 13.0. The molecule has 0 unspecified atom stereocenters. The molecule has 0 aliphatic heterocycles. The minimum absolute atomic E-state index is 0.0271. The average Bonchev–Trinajstić information content (AvgIpc) is 3.97. The second kappa shape index (κ2) is 18.2. The second-order valence-electron chi connectivity index (χ2n) is 23.7. The van der Waals surface area contributed by atoms with Crippen LogP contribution < -0.4 is 4.90 Å². The van der Waals surface area contributed by atoms with Crippen LogP contribution in [0.2, 0.25) is 0 Å². The highest BCUT2D eigenvalue weighted by atomic mass is 15.1. The Balaban J connectivity index is 1.06. The minimum atomic E-state index is -0.146. The summed E-state index contributed by atoms with van der Waals surface area (Å²) in [5.41, 5.74) is 24.2. The van der Waals surface area contributed by atoms with Crippen molar-refractivity contribution < 1.29 is 0 Å². The number of aromatic nitrogens is 1. The molecule has 0 radical (unpaired) electrons. The maximum absolute atomic E-state index is 2.54. The first kappa shape index (κ1) is 48.0. The minimum Gasteiger partial charge on any atom is -0.309 e. The van der Waals surface area contributed by atoms with Gasteiger partial charge in [-0.25, -0.2) is 0 Å². The predicted molar refractivity (Wildman–Crippen MR) is 330 cm³/mol. The maximum atomic E-state index is 2.54. The number of hydrogen-bond acceptors (Lipinski definition) is 1. The van der Waals surface area contributed by atoms with Crippen molar-refractivity contribution in [3.63, 3.8) is 0 Å². The van der Waals surface area contributed by atoms with Gasteiger partial charge in [0.15, 0.2) is 0 Å². The summed E-state index contributed by atoms with van der Waals surface area (Å²) in [7, 11) is 0. The first-order chi connectivity index (χ1) is 37.2. The average molecular weight is 993 g/mol. The molecular formula is C75H64N2. The molecule has 1 aliphatic rings. The molecule has 2 heteroatoms. The highest BCUT2D eigenvalue weighted by Gasteiger charge is 2.36. The summed E-state index contributed by atoms with van der Waals surface area (Å²) in [6.45, 7) is 18.7. The van der Waals surface area contributed by atoms with Crippen molar-refractivity contribution in [1.82, 2.24) is 4.57 Å². The van der Waals surface area contributed by atoms with Gasteiger partial charge in [0.25, 0.3) is 0 Å². The van der Waals surface area contributed by atoms with Crippen LogP contribution in [0.3, 0.4) is 0 Å². The van der Waals surface area contributed by atoms with Crippen LogP contribution in [-0.4, -0.2) is 4.57 Å². The summed E-state index contributed by atoms with van der Waals surface area (Å²) < 4.78 is 2.45. The Morgan fingerprint density at radius 1 is 0.364 bits per heavy atom. The highest BCUT2D eigenvalue weighted by Crippen LogP contribution is 2.52. The Bertz CT molecular complexity index is 4230. The predicted octanol–water partition coefficient (Wildman–Crippen LogP) is 21.0. The van der Waals surface area contributed by atoms with E-state index in [2.05, 4.69) is 308 Å². The molecule has 11 aromatic carbocycles. The lowest BCUT2D eigenvalue weighted by Gasteiger charge is -2.31. The molecule has 0 spiro atoms. The standard InChI is InChI=1S/C75H64N2/c1-73(2,3)53-44-52(45-54(48-53)74(4,5)6)58-34-21-24-49-25-22-36-64(71(49)58)62-32-14-18-40-69(62)76(68-39-17-13-30-57(68)51-42-43-61-60-31-12-16-38-66(60)75(7,8)67(61)47-51)56-29-20-26-50(46-56)59-35-23-37-65-63-33-15-19-41-70(63)77(72(59)65)55-27-10-9-11-28-55/h9-48H,1-8H3. The Labute approximate surface area is 454 Å². The van der Waals surface area contributed by atoms with Crippen LogP contribution in [-0.2, 0) is 16.2 Å². The molecule has 13 rings (SSSR count). The molecule has 0 bridgehead atoms. The molecule has 0 fully saturated rings. The van der Waals surface area contributed by atoms with Gasteiger partial charge in [0.1, 0.15) is 0 Å². The lowest BCUT2D eigenvalue weighted by molar-refractivity contribution is 0.569. The van der Waals surface area contributed by atoms with Gasteiger partial charge in [-0.05, 0) is 131 Å². The number of hydrogen-bond donors (Lipinski definition) is 0. The van der Waals surface area contributed by atoms with E-state index in [-0.39, 0.29) is 16.2 Å². The number of fused-ring (bicyclic) bond motifs is 7. The van der Waals surface area contributed by atoms with Gasteiger partial charge in [0, 0.05) is 44.3 Å². The molecular weight excluding hydrogens is 929 g/mol. The molecule has 1 aromatic heterocycles. The molecule has 0 saturated carbocycles. The summed E-state index contributed by atoms with van der Waals surface area (Å²) >= 11 is 0. The molecule has 2 nitrogen and oxygen atoms in total. The monoisotopic (exact) mass is 993 g/mol. The number of nitrogens with zero attached hydrogens (tertiary/aromatic N) is 2. The number of para-hydroxylation sites is 5. The molecule has 1 aliphatic carbocycles. The lowest BCUT2D eigenvalue weighted by atomic mass is 9.78. The quantitative estimate of drug-likeness (QED) is 0.147. The van der Waals surface area contributed by atoms with Crippen molar-refractivity contribution in [3.05, 3.63) is 265 Å². The fourth-order valence-corrected chi connectivity index (χ4v) is 12.5. The van der Waals surface area contributed by atoms with Crippen LogP contribution in [0.4, 0.5) is 17.1 Å². The van der Waals surface area contributed by atoms with Crippen LogP contribution in [0.1, 0.15) is 77.6 Å². The highest BCUT2D eigenvalue weighted by molar-refractivity contribution is 6.14. The van der Waals surface area contributed by atoms with E-state index >= 15 is 0 Å². The van der Waals surface area contributed by atoms with Gasteiger partial charge in [-0.1, -0.05) is 250 Å². The summed E-state index contributed by atoms with van der Waals surface area (Å²) in [6.07, 6.45) is 0. The second-order valence-corrected chi connectivity index (χ2v) is 23.7. The van der Waals surface area contributed by atoms with Crippen molar-refractivity contribution in [2.75, 3.05) is 4.90 Å². The number of anilines is 3. The van der Waals surface area contributed by atoms with Crippen molar-refractivity contribution in [1.29, 1.82) is 0 Å². The summed E-state index contributed by atoms with van der Waals surface area (Å²) in [5.74, 6) is 0. The molecule has 0 N–H and O–H groups in total. The number of benzene rings is 11. The third-order valence-electron chi connectivity index (χ3n) is 16.5. The van der Waals surface area contributed by atoms with E-state index in [0.717, 1.165) is 33.9 Å². The first-order valence-corrected chi connectivity index (χ1v) is 27.3. The third-order valence-corrected chi connectivity index (χ3v) is 16.5. The Morgan fingerprint density at radius 3 is 1.65 bits per heavy atom. The van der Waals surface area contributed by atoms with E-state index < -0.39 is 0 Å². The van der Waals surface area contributed by atoms with Crippen LogP contribution in [0.15, 0.2) is 243 Å². The Hall–Kier alpha value is -8.72. The molecule has 1 heterocycles. The van der Waals surface area contributed by atoms with Gasteiger partial charge in [-0.2, -0.15) is 0 Å². The van der Waals surface area contributed by atoms with Gasteiger partial charge in [-0.15, -0.1) is 0 Å². The van der Waals surface area contributed by atoms with Crippen LogP contribution in [0.5, 0.6) is 0 Å². The van der Waals surface area contributed by atoms with E-state index in [0.29, 0.717) is 0 Å². The third kappa shape index (κ3) is 8.09. The van der Waals surface area contributed by atoms with E-state index in [1.165, 1.54) is 99.3 Å². The van der Waals surface area contributed by atoms with E-state index in [1.807, 2.05) is 0 Å². The molecule has 0 saturated heterocycles. The maximum Gasteiger partial charge on any atom is 0.0619 e. The van der Waals surface area contributed by atoms with Crippen LogP contribution in [0.25, 0.3) is 93.9 Å². The molecule has 0 atom stereocenters. The summed E-state index contributed by atoms with van der Waals surface area (Å²) in [6, 6.07) is 90.9. The molecule has 12 aromatic rings. The molecule has 0 amide bonds. The Kier molecular flexibility index (Phi) is 11.4. The van der Waals surface area contributed by atoms with Crippen molar-refractivity contribution in [3.8, 4) is 61.3 Å². The van der Waals surface area contributed by atoms with Gasteiger partial charge >= 0.3 is 0 Å². The van der Waals surface area contributed by atoms with Crippen molar-refractivity contribution >= 4 is 49.6 Å². The van der Waals surface area contributed by atoms with Gasteiger partial charge in [-0.3, -0.25) is 0 Å². The molecule has 77 heavy (non-hydrogen) atoms. The van der Waals surface area contributed by atoms with Gasteiger partial charge in [0.2, 0.25) is 0 Å². The largest absolute Gasteiger partial charge is 0.309 e. The summed E-state index contributed by atoms with van der Waals surface area (Å²) in [4.78, 5) is 2.54.